The number of rotatable bonds is 5. The summed E-state index contributed by atoms with van der Waals surface area (Å²) in [7, 11) is -1.68. The first-order chi connectivity index (χ1) is 10.4. The van der Waals surface area contributed by atoms with Crippen LogP contribution in [0, 0.1) is 0 Å². The summed E-state index contributed by atoms with van der Waals surface area (Å²) in [5, 5.41) is 8.87. The Balaban J connectivity index is 2.06. The van der Waals surface area contributed by atoms with Crippen molar-refractivity contribution in [2.24, 2.45) is 0 Å². The normalized spacial score (nSPS) is 20.7. The van der Waals surface area contributed by atoms with Gasteiger partial charge >= 0.3 is 5.97 Å². The highest BCUT2D eigenvalue weighted by molar-refractivity contribution is 7.89. The summed E-state index contributed by atoms with van der Waals surface area (Å²) in [5.74, 6) is -0.861. The Kier molecular flexibility index (Phi) is 5.55. The van der Waals surface area contributed by atoms with Crippen molar-refractivity contribution in [2.45, 2.75) is 30.2 Å². The Labute approximate surface area is 131 Å². The molecule has 7 heteroatoms. The molecule has 1 aromatic rings. The number of carbonyl (C=O) groups is 1. The van der Waals surface area contributed by atoms with Gasteiger partial charge in [-0.3, -0.25) is 9.69 Å². The lowest BCUT2D eigenvalue weighted by Gasteiger charge is -2.25. The fourth-order valence-corrected chi connectivity index (χ4v) is 4.33. The average Bonchev–Trinajstić information content (AvgIpc) is 2.74. The molecule has 1 aliphatic rings. The molecule has 122 valence electrons. The molecule has 22 heavy (non-hydrogen) atoms. The maximum atomic E-state index is 12.6. The first kappa shape index (κ1) is 16.9. The number of benzene rings is 1. The van der Waals surface area contributed by atoms with Gasteiger partial charge in [-0.25, -0.2) is 8.42 Å². The standard InChI is InChI=1S/C15H22N2O4S/c1-16(12-15(18)19)13-6-5-10-17(11-9-13)22(20,21)14-7-3-2-4-8-14/h2-4,7-8,13H,5-6,9-12H2,1H3,(H,18,19). The van der Waals surface area contributed by atoms with Crippen LogP contribution in [-0.2, 0) is 14.8 Å². The van der Waals surface area contributed by atoms with Gasteiger partial charge < -0.3 is 5.11 Å². The zero-order valence-electron chi connectivity index (χ0n) is 12.7. The molecule has 0 aromatic heterocycles. The maximum Gasteiger partial charge on any atom is 0.317 e. The third kappa shape index (κ3) is 4.06. The van der Waals surface area contributed by atoms with E-state index < -0.39 is 16.0 Å². The SMILES string of the molecule is CN(CC(=O)O)C1CCCN(S(=O)(=O)c2ccccc2)CC1. The van der Waals surface area contributed by atoms with Crippen LogP contribution in [0.1, 0.15) is 19.3 Å². The molecule has 1 unspecified atom stereocenters. The molecule has 1 heterocycles. The molecule has 1 atom stereocenters. The molecule has 0 radical (unpaired) electrons. The van der Waals surface area contributed by atoms with E-state index in [0.717, 1.165) is 12.8 Å². The van der Waals surface area contributed by atoms with Crippen molar-refractivity contribution in [3.63, 3.8) is 0 Å². The molecule has 2 rings (SSSR count). The summed E-state index contributed by atoms with van der Waals surface area (Å²) < 4.78 is 26.7. The molecular weight excluding hydrogens is 304 g/mol. The van der Waals surface area contributed by atoms with Crippen LogP contribution in [0.5, 0.6) is 0 Å². The van der Waals surface area contributed by atoms with Crippen LogP contribution in [0.4, 0.5) is 0 Å². The molecule has 1 saturated heterocycles. The minimum Gasteiger partial charge on any atom is -0.480 e. The number of hydrogen-bond acceptors (Lipinski definition) is 4. The highest BCUT2D eigenvalue weighted by Crippen LogP contribution is 2.22. The summed E-state index contributed by atoms with van der Waals surface area (Å²) in [6.45, 7) is 0.886. The summed E-state index contributed by atoms with van der Waals surface area (Å²) in [5.41, 5.74) is 0. The maximum absolute atomic E-state index is 12.6. The van der Waals surface area contributed by atoms with Crippen molar-refractivity contribution >= 4 is 16.0 Å². The van der Waals surface area contributed by atoms with E-state index in [2.05, 4.69) is 0 Å². The molecule has 6 nitrogen and oxygen atoms in total. The second-order valence-electron chi connectivity index (χ2n) is 5.61. The summed E-state index contributed by atoms with van der Waals surface area (Å²) in [6, 6.07) is 8.54. The van der Waals surface area contributed by atoms with Gasteiger partial charge in [0.1, 0.15) is 0 Å². The summed E-state index contributed by atoms with van der Waals surface area (Å²) in [4.78, 5) is 12.9. The number of sulfonamides is 1. The monoisotopic (exact) mass is 326 g/mol. The first-order valence-electron chi connectivity index (χ1n) is 7.38. The first-order valence-corrected chi connectivity index (χ1v) is 8.82. The molecule has 0 aliphatic carbocycles. The number of hydrogen-bond donors (Lipinski definition) is 1. The van der Waals surface area contributed by atoms with Gasteiger partial charge in [0.05, 0.1) is 11.4 Å². The molecule has 1 fully saturated rings. The van der Waals surface area contributed by atoms with Crippen molar-refractivity contribution in [3.8, 4) is 0 Å². The zero-order chi connectivity index (χ0) is 16.2. The van der Waals surface area contributed by atoms with E-state index in [1.54, 1.807) is 42.3 Å². The Morgan fingerprint density at radius 2 is 1.95 bits per heavy atom. The topological polar surface area (TPSA) is 77.9 Å². The predicted octanol–water partition coefficient (Wildman–Crippen LogP) is 1.25. The number of carboxylic acid groups (broad SMARTS) is 1. The van der Waals surface area contributed by atoms with Crippen LogP contribution in [0.3, 0.4) is 0 Å². The van der Waals surface area contributed by atoms with Gasteiger partial charge in [0.25, 0.3) is 0 Å². The van der Waals surface area contributed by atoms with Crippen LogP contribution in [0.25, 0.3) is 0 Å². The van der Waals surface area contributed by atoms with Crippen molar-refractivity contribution < 1.29 is 18.3 Å². The number of carboxylic acids is 1. The van der Waals surface area contributed by atoms with E-state index >= 15 is 0 Å². The van der Waals surface area contributed by atoms with E-state index in [1.165, 1.54) is 4.31 Å². The lowest BCUT2D eigenvalue weighted by atomic mass is 10.1. The fourth-order valence-electron chi connectivity index (χ4n) is 2.82. The molecule has 1 aliphatic heterocycles. The number of aliphatic carboxylic acids is 1. The minimum absolute atomic E-state index is 0.0178. The third-order valence-corrected chi connectivity index (χ3v) is 5.96. The van der Waals surface area contributed by atoms with Gasteiger partial charge in [0, 0.05) is 19.1 Å². The summed E-state index contributed by atoms with van der Waals surface area (Å²) >= 11 is 0. The highest BCUT2D eigenvalue weighted by atomic mass is 32.2. The van der Waals surface area contributed by atoms with Crippen LogP contribution in [0.15, 0.2) is 35.2 Å². The van der Waals surface area contributed by atoms with Crippen molar-refractivity contribution in [1.82, 2.24) is 9.21 Å². The summed E-state index contributed by atoms with van der Waals surface area (Å²) in [6.07, 6.45) is 2.20. The van der Waals surface area contributed by atoms with E-state index in [4.69, 9.17) is 5.11 Å². The smallest absolute Gasteiger partial charge is 0.317 e. The molecule has 0 amide bonds. The quantitative estimate of drug-likeness (QED) is 0.881. The van der Waals surface area contributed by atoms with Crippen LogP contribution in [-0.4, -0.2) is 61.4 Å². The Bertz CT molecular complexity index is 603. The largest absolute Gasteiger partial charge is 0.480 e. The lowest BCUT2D eigenvalue weighted by molar-refractivity contribution is -0.138. The zero-order valence-corrected chi connectivity index (χ0v) is 13.5. The molecule has 1 aromatic carbocycles. The van der Waals surface area contributed by atoms with Gasteiger partial charge in [-0.1, -0.05) is 18.2 Å². The van der Waals surface area contributed by atoms with Crippen LogP contribution in [0.2, 0.25) is 0 Å². The third-order valence-electron chi connectivity index (χ3n) is 4.05. The molecule has 0 saturated carbocycles. The molecule has 0 bridgehead atoms. The van der Waals surface area contributed by atoms with Gasteiger partial charge in [-0.05, 0) is 38.4 Å². The van der Waals surface area contributed by atoms with Crippen LogP contribution < -0.4 is 0 Å². The van der Waals surface area contributed by atoms with Gasteiger partial charge in [-0.15, -0.1) is 0 Å². The van der Waals surface area contributed by atoms with Crippen molar-refractivity contribution in [1.29, 1.82) is 0 Å². The average molecular weight is 326 g/mol. The Morgan fingerprint density at radius 1 is 1.27 bits per heavy atom. The molecular formula is C15H22N2O4S. The second-order valence-corrected chi connectivity index (χ2v) is 7.55. The Hall–Kier alpha value is -1.44. The fraction of sp³-hybridized carbons (Fsp3) is 0.533. The van der Waals surface area contributed by atoms with E-state index in [0.29, 0.717) is 24.4 Å². The minimum atomic E-state index is -3.46. The van der Waals surface area contributed by atoms with E-state index in [-0.39, 0.29) is 12.6 Å². The van der Waals surface area contributed by atoms with Crippen molar-refractivity contribution in [3.05, 3.63) is 30.3 Å². The van der Waals surface area contributed by atoms with Gasteiger partial charge in [0.2, 0.25) is 10.0 Å². The molecule has 0 spiro atoms. The van der Waals surface area contributed by atoms with Gasteiger partial charge in [0.15, 0.2) is 0 Å². The van der Waals surface area contributed by atoms with E-state index in [9.17, 15) is 13.2 Å². The molecule has 1 N–H and O–H groups in total. The Morgan fingerprint density at radius 3 is 2.59 bits per heavy atom. The van der Waals surface area contributed by atoms with Crippen LogP contribution >= 0.6 is 0 Å². The van der Waals surface area contributed by atoms with E-state index in [1.807, 2.05) is 0 Å². The van der Waals surface area contributed by atoms with Gasteiger partial charge in [-0.2, -0.15) is 4.31 Å². The number of likely N-dealkylation sites (N-methyl/N-ethyl adjacent to an activating group) is 1. The lowest BCUT2D eigenvalue weighted by Crippen LogP contribution is -2.37. The predicted molar refractivity (Wildman–Crippen MR) is 83.1 cm³/mol. The second kappa shape index (κ2) is 7.21. The highest BCUT2D eigenvalue weighted by Gasteiger charge is 2.28. The number of nitrogens with zero attached hydrogens (tertiary/aromatic N) is 2. The van der Waals surface area contributed by atoms with Crippen molar-refractivity contribution in [2.75, 3.05) is 26.7 Å².